The van der Waals surface area contributed by atoms with Gasteiger partial charge in [0.1, 0.15) is 5.75 Å². The summed E-state index contributed by atoms with van der Waals surface area (Å²) in [6.45, 7) is 7.48. The molecule has 0 fully saturated rings. The fourth-order valence-electron chi connectivity index (χ4n) is 3.24. The number of aromatic nitrogens is 2. The lowest BCUT2D eigenvalue weighted by Gasteiger charge is -2.22. The molecular formula is C20H20N2O. The molecule has 0 atom stereocenters. The predicted octanol–water partition coefficient (Wildman–Crippen LogP) is 4.53. The standard InChI is InChI=1S/C20H20N2O/c1-20(2,3)15-12-17(16-6-4-5-10-21-16)22-19-13(15)7-8-18-14(19)9-11-23-18/h4-8,10,12H,9,11H2,1-3H3. The summed E-state index contributed by atoms with van der Waals surface area (Å²) in [7, 11) is 0. The van der Waals surface area contributed by atoms with E-state index in [2.05, 4.69) is 44.0 Å². The van der Waals surface area contributed by atoms with Crippen LogP contribution in [0.25, 0.3) is 22.3 Å². The predicted molar refractivity (Wildman–Crippen MR) is 92.9 cm³/mol. The lowest BCUT2D eigenvalue weighted by Crippen LogP contribution is -2.13. The van der Waals surface area contributed by atoms with Crippen LogP contribution in [-0.2, 0) is 11.8 Å². The molecule has 4 rings (SSSR count). The normalized spacial score (nSPS) is 13.9. The first-order valence-corrected chi connectivity index (χ1v) is 8.05. The molecule has 116 valence electrons. The van der Waals surface area contributed by atoms with Crippen molar-refractivity contribution < 1.29 is 4.74 Å². The van der Waals surface area contributed by atoms with Crippen molar-refractivity contribution in [2.75, 3.05) is 6.61 Å². The van der Waals surface area contributed by atoms with Crippen LogP contribution in [0.2, 0.25) is 0 Å². The molecule has 3 aromatic rings. The Kier molecular flexibility index (Phi) is 3.12. The Labute approximate surface area is 136 Å². The Bertz CT molecular complexity index is 880. The average molecular weight is 304 g/mol. The van der Waals surface area contributed by atoms with Gasteiger partial charge in [0, 0.05) is 23.6 Å². The Morgan fingerprint density at radius 2 is 1.91 bits per heavy atom. The summed E-state index contributed by atoms with van der Waals surface area (Å²) in [5.41, 5.74) is 5.48. The minimum atomic E-state index is 0.0401. The molecule has 3 heterocycles. The molecule has 0 saturated carbocycles. The van der Waals surface area contributed by atoms with E-state index in [1.165, 1.54) is 16.5 Å². The highest BCUT2D eigenvalue weighted by Gasteiger charge is 2.23. The third-order valence-corrected chi connectivity index (χ3v) is 4.39. The summed E-state index contributed by atoms with van der Waals surface area (Å²) in [6.07, 6.45) is 2.74. The second-order valence-corrected chi connectivity index (χ2v) is 7.06. The lowest BCUT2D eigenvalue weighted by atomic mass is 9.83. The molecule has 0 amide bonds. The minimum absolute atomic E-state index is 0.0401. The van der Waals surface area contributed by atoms with E-state index < -0.39 is 0 Å². The van der Waals surface area contributed by atoms with E-state index in [9.17, 15) is 0 Å². The van der Waals surface area contributed by atoms with Crippen molar-refractivity contribution in [1.29, 1.82) is 0 Å². The van der Waals surface area contributed by atoms with Gasteiger partial charge < -0.3 is 4.74 Å². The van der Waals surface area contributed by atoms with Crippen LogP contribution in [0.4, 0.5) is 0 Å². The minimum Gasteiger partial charge on any atom is -0.493 e. The number of ether oxygens (including phenoxy) is 1. The topological polar surface area (TPSA) is 35.0 Å². The van der Waals surface area contributed by atoms with E-state index >= 15 is 0 Å². The molecule has 0 N–H and O–H groups in total. The zero-order valence-corrected chi connectivity index (χ0v) is 13.8. The fourth-order valence-corrected chi connectivity index (χ4v) is 3.24. The zero-order valence-electron chi connectivity index (χ0n) is 13.8. The Balaban J connectivity index is 2.07. The highest BCUT2D eigenvalue weighted by atomic mass is 16.5. The maximum Gasteiger partial charge on any atom is 0.124 e. The first-order chi connectivity index (χ1) is 11.0. The van der Waals surface area contributed by atoms with Crippen molar-refractivity contribution in [3.63, 3.8) is 0 Å². The number of hydrogen-bond donors (Lipinski definition) is 0. The van der Waals surface area contributed by atoms with Crippen LogP contribution in [0.5, 0.6) is 5.75 Å². The van der Waals surface area contributed by atoms with Crippen molar-refractivity contribution in [2.24, 2.45) is 0 Å². The van der Waals surface area contributed by atoms with Gasteiger partial charge in [0.05, 0.1) is 23.5 Å². The summed E-state index contributed by atoms with van der Waals surface area (Å²) >= 11 is 0. The van der Waals surface area contributed by atoms with Crippen molar-refractivity contribution in [1.82, 2.24) is 9.97 Å². The van der Waals surface area contributed by atoms with E-state index in [4.69, 9.17) is 9.72 Å². The van der Waals surface area contributed by atoms with Gasteiger partial charge in [-0.3, -0.25) is 4.98 Å². The molecule has 23 heavy (non-hydrogen) atoms. The number of nitrogens with zero attached hydrogens (tertiary/aromatic N) is 2. The van der Waals surface area contributed by atoms with Crippen LogP contribution >= 0.6 is 0 Å². The first-order valence-electron chi connectivity index (χ1n) is 8.05. The van der Waals surface area contributed by atoms with Crippen molar-refractivity contribution in [3.8, 4) is 17.1 Å². The van der Waals surface area contributed by atoms with E-state index in [-0.39, 0.29) is 5.41 Å². The van der Waals surface area contributed by atoms with E-state index in [0.29, 0.717) is 0 Å². The van der Waals surface area contributed by atoms with Crippen molar-refractivity contribution in [3.05, 3.63) is 53.7 Å². The summed E-state index contributed by atoms with van der Waals surface area (Å²) in [6, 6.07) is 12.4. The molecule has 1 aliphatic heterocycles. The van der Waals surface area contributed by atoms with E-state index in [0.717, 1.165) is 35.7 Å². The molecule has 1 aromatic carbocycles. The van der Waals surface area contributed by atoms with Crippen LogP contribution in [0.15, 0.2) is 42.6 Å². The van der Waals surface area contributed by atoms with Gasteiger partial charge in [-0.2, -0.15) is 0 Å². The SMILES string of the molecule is CC(C)(C)c1cc(-c2ccccn2)nc2c3c(ccc12)OCC3. The third kappa shape index (κ3) is 2.37. The summed E-state index contributed by atoms with van der Waals surface area (Å²) in [5.74, 6) is 0.975. The Morgan fingerprint density at radius 3 is 2.65 bits per heavy atom. The van der Waals surface area contributed by atoms with Gasteiger partial charge in [-0.05, 0) is 41.3 Å². The van der Waals surface area contributed by atoms with Crippen LogP contribution < -0.4 is 4.74 Å². The summed E-state index contributed by atoms with van der Waals surface area (Å²) < 4.78 is 5.72. The van der Waals surface area contributed by atoms with Crippen LogP contribution in [0, 0.1) is 0 Å². The number of hydrogen-bond acceptors (Lipinski definition) is 3. The Hall–Kier alpha value is -2.42. The fraction of sp³-hybridized carbons (Fsp3) is 0.300. The average Bonchev–Trinajstić information content (AvgIpc) is 3.02. The van der Waals surface area contributed by atoms with Crippen LogP contribution in [0.3, 0.4) is 0 Å². The third-order valence-electron chi connectivity index (χ3n) is 4.39. The molecule has 3 heteroatoms. The molecule has 0 aliphatic carbocycles. The smallest absolute Gasteiger partial charge is 0.124 e. The number of fused-ring (bicyclic) bond motifs is 3. The van der Waals surface area contributed by atoms with Gasteiger partial charge in [0.25, 0.3) is 0 Å². The summed E-state index contributed by atoms with van der Waals surface area (Å²) in [5, 5.41) is 1.22. The zero-order chi connectivity index (χ0) is 16.0. The largest absolute Gasteiger partial charge is 0.493 e. The highest BCUT2D eigenvalue weighted by Crippen LogP contribution is 2.38. The van der Waals surface area contributed by atoms with Crippen LogP contribution in [-0.4, -0.2) is 16.6 Å². The second-order valence-electron chi connectivity index (χ2n) is 7.06. The number of rotatable bonds is 1. The quantitative estimate of drug-likeness (QED) is 0.662. The molecule has 0 unspecified atom stereocenters. The molecule has 0 bridgehead atoms. The monoisotopic (exact) mass is 304 g/mol. The van der Waals surface area contributed by atoms with Gasteiger partial charge in [-0.15, -0.1) is 0 Å². The van der Waals surface area contributed by atoms with E-state index in [1.807, 2.05) is 24.4 Å². The molecule has 2 aromatic heterocycles. The van der Waals surface area contributed by atoms with Gasteiger partial charge in [0.2, 0.25) is 0 Å². The summed E-state index contributed by atoms with van der Waals surface area (Å²) in [4.78, 5) is 9.43. The maximum absolute atomic E-state index is 5.72. The molecule has 3 nitrogen and oxygen atoms in total. The number of pyridine rings is 2. The highest BCUT2D eigenvalue weighted by molar-refractivity contribution is 5.90. The van der Waals surface area contributed by atoms with Gasteiger partial charge in [-0.25, -0.2) is 4.98 Å². The van der Waals surface area contributed by atoms with Gasteiger partial charge >= 0.3 is 0 Å². The molecule has 1 aliphatic rings. The molecule has 0 saturated heterocycles. The Morgan fingerprint density at radius 1 is 1.04 bits per heavy atom. The lowest BCUT2D eigenvalue weighted by molar-refractivity contribution is 0.357. The van der Waals surface area contributed by atoms with Crippen LogP contribution in [0.1, 0.15) is 31.9 Å². The van der Waals surface area contributed by atoms with Crippen molar-refractivity contribution >= 4 is 10.9 Å². The van der Waals surface area contributed by atoms with Gasteiger partial charge in [-0.1, -0.05) is 26.8 Å². The van der Waals surface area contributed by atoms with E-state index in [1.54, 1.807) is 0 Å². The first kappa shape index (κ1) is 14.2. The molecular weight excluding hydrogens is 284 g/mol. The van der Waals surface area contributed by atoms with Crippen molar-refractivity contribution in [2.45, 2.75) is 32.6 Å². The number of benzene rings is 1. The molecule has 0 radical (unpaired) electrons. The second kappa shape index (κ2) is 5.05. The van der Waals surface area contributed by atoms with Gasteiger partial charge in [0.15, 0.2) is 0 Å². The maximum atomic E-state index is 5.72. The molecule has 0 spiro atoms.